The van der Waals surface area contributed by atoms with Gasteiger partial charge in [0.2, 0.25) is 5.89 Å². The van der Waals surface area contributed by atoms with E-state index in [0.717, 1.165) is 22.6 Å². The third-order valence-corrected chi connectivity index (χ3v) is 3.02. The van der Waals surface area contributed by atoms with Gasteiger partial charge < -0.3 is 9.73 Å². The van der Waals surface area contributed by atoms with Gasteiger partial charge in [-0.25, -0.2) is 4.98 Å². The highest BCUT2D eigenvalue weighted by atomic mass is 35.5. The molecule has 84 valence electrons. The lowest BCUT2D eigenvalue weighted by atomic mass is 10.2. The molecule has 0 aliphatic heterocycles. The number of aromatic nitrogens is 1. The Balaban J connectivity index is 1.91. The van der Waals surface area contributed by atoms with E-state index in [0.29, 0.717) is 17.6 Å². The van der Waals surface area contributed by atoms with E-state index in [2.05, 4.69) is 10.3 Å². The van der Waals surface area contributed by atoms with Crippen LogP contribution in [0, 0.1) is 6.92 Å². The Morgan fingerprint density at radius 1 is 1.50 bits per heavy atom. The third-order valence-electron chi connectivity index (χ3n) is 2.80. The molecule has 0 unspecified atom stereocenters. The zero-order valence-corrected chi connectivity index (χ0v) is 9.84. The van der Waals surface area contributed by atoms with Crippen LogP contribution in [0.4, 0.5) is 0 Å². The van der Waals surface area contributed by atoms with Crippen molar-refractivity contribution in [3.8, 4) is 0 Å². The van der Waals surface area contributed by atoms with Gasteiger partial charge >= 0.3 is 0 Å². The van der Waals surface area contributed by atoms with E-state index in [4.69, 9.17) is 16.0 Å². The molecule has 3 rings (SSSR count). The normalized spacial score (nSPS) is 15.9. The summed E-state index contributed by atoms with van der Waals surface area (Å²) in [5.74, 6) is 0.743. The van der Waals surface area contributed by atoms with Gasteiger partial charge in [0, 0.05) is 11.1 Å². The molecule has 1 N–H and O–H groups in total. The lowest BCUT2D eigenvalue weighted by molar-refractivity contribution is 0.493. The minimum atomic E-state index is 0.666. The van der Waals surface area contributed by atoms with E-state index in [1.807, 2.05) is 19.1 Å². The van der Waals surface area contributed by atoms with Crippen molar-refractivity contribution < 1.29 is 4.42 Å². The summed E-state index contributed by atoms with van der Waals surface area (Å²) in [5, 5.41) is 4.09. The molecule has 16 heavy (non-hydrogen) atoms. The number of halogens is 1. The topological polar surface area (TPSA) is 38.1 Å². The molecule has 1 aromatic carbocycles. The molecule has 1 aliphatic rings. The Morgan fingerprint density at radius 2 is 2.31 bits per heavy atom. The van der Waals surface area contributed by atoms with E-state index < -0.39 is 0 Å². The van der Waals surface area contributed by atoms with Crippen molar-refractivity contribution in [2.75, 3.05) is 0 Å². The predicted octanol–water partition coefficient (Wildman–Crippen LogP) is 3.04. The Kier molecular flexibility index (Phi) is 2.37. The monoisotopic (exact) mass is 236 g/mol. The highest BCUT2D eigenvalue weighted by Crippen LogP contribution is 2.25. The van der Waals surface area contributed by atoms with Gasteiger partial charge in [0.05, 0.1) is 6.54 Å². The molecule has 1 aromatic heterocycles. The van der Waals surface area contributed by atoms with Crippen molar-refractivity contribution in [3.63, 3.8) is 0 Å². The summed E-state index contributed by atoms with van der Waals surface area (Å²) in [4.78, 5) is 4.42. The molecule has 0 saturated heterocycles. The van der Waals surface area contributed by atoms with Gasteiger partial charge in [0.1, 0.15) is 5.52 Å². The van der Waals surface area contributed by atoms with Crippen molar-refractivity contribution in [1.82, 2.24) is 10.3 Å². The summed E-state index contributed by atoms with van der Waals surface area (Å²) < 4.78 is 5.70. The average molecular weight is 237 g/mol. The molecule has 1 fully saturated rings. The van der Waals surface area contributed by atoms with Crippen LogP contribution in [0.2, 0.25) is 5.02 Å². The fraction of sp³-hybridized carbons (Fsp3) is 0.417. The minimum Gasteiger partial charge on any atom is -0.439 e. The zero-order chi connectivity index (χ0) is 11.1. The molecule has 0 amide bonds. The summed E-state index contributed by atoms with van der Waals surface area (Å²) in [7, 11) is 0. The maximum absolute atomic E-state index is 5.97. The summed E-state index contributed by atoms with van der Waals surface area (Å²) in [6.07, 6.45) is 2.54. The zero-order valence-electron chi connectivity index (χ0n) is 9.09. The van der Waals surface area contributed by atoms with E-state index in [-0.39, 0.29) is 0 Å². The van der Waals surface area contributed by atoms with Crippen LogP contribution in [0.5, 0.6) is 0 Å². The van der Waals surface area contributed by atoms with Gasteiger partial charge in [0.15, 0.2) is 5.58 Å². The number of aryl methyl sites for hydroxylation is 1. The molecule has 1 saturated carbocycles. The van der Waals surface area contributed by atoms with Crippen molar-refractivity contribution in [3.05, 3.63) is 28.6 Å². The van der Waals surface area contributed by atoms with Gasteiger partial charge in [-0.1, -0.05) is 11.6 Å². The molecule has 3 nitrogen and oxygen atoms in total. The van der Waals surface area contributed by atoms with Crippen LogP contribution in [0.25, 0.3) is 11.1 Å². The Hall–Kier alpha value is -1.06. The van der Waals surface area contributed by atoms with Crippen molar-refractivity contribution >= 4 is 22.7 Å². The molecular weight excluding hydrogens is 224 g/mol. The largest absolute Gasteiger partial charge is 0.439 e. The van der Waals surface area contributed by atoms with Crippen LogP contribution in [0.15, 0.2) is 16.5 Å². The van der Waals surface area contributed by atoms with Crippen molar-refractivity contribution in [2.45, 2.75) is 32.4 Å². The lowest BCUT2D eigenvalue weighted by Gasteiger charge is -1.96. The lowest BCUT2D eigenvalue weighted by Crippen LogP contribution is -2.15. The van der Waals surface area contributed by atoms with Gasteiger partial charge in [-0.15, -0.1) is 0 Å². The molecule has 0 bridgehead atoms. The summed E-state index contributed by atoms with van der Waals surface area (Å²) in [6.45, 7) is 2.69. The molecule has 1 aliphatic carbocycles. The number of rotatable bonds is 3. The quantitative estimate of drug-likeness (QED) is 0.890. The maximum atomic E-state index is 5.97. The Labute approximate surface area is 98.8 Å². The standard InChI is InChI=1S/C12H13ClN2O/c1-7-4-8(13)5-10-12(7)16-11(15-10)6-14-9-2-3-9/h4-5,9,14H,2-3,6H2,1H3. The summed E-state index contributed by atoms with van der Waals surface area (Å²) in [5.41, 5.74) is 2.72. The number of nitrogens with one attached hydrogen (secondary N) is 1. The summed E-state index contributed by atoms with van der Waals surface area (Å²) in [6, 6.07) is 4.40. The van der Waals surface area contributed by atoms with Gasteiger partial charge in [0.25, 0.3) is 0 Å². The molecular formula is C12H13ClN2O. The van der Waals surface area contributed by atoms with Gasteiger partial charge in [-0.3, -0.25) is 0 Å². The number of oxazole rings is 1. The van der Waals surface area contributed by atoms with Crippen LogP contribution in [-0.4, -0.2) is 11.0 Å². The Morgan fingerprint density at radius 3 is 3.06 bits per heavy atom. The fourth-order valence-corrected chi connectivity index (χ4v) is 2.06. The van der Waals surface area contributed by atoms with E-state index >= 15 is 0 Å². The highest BCUT2D eigenvalue weighted by Gasteiger charge is 2.21. The number of nitrogens with zero attached hydrogens (tertiary/aromatic N) is 1. The first-order chi connectivity index (χ1) is 7.72. The second-order valence-electron chi connectivity index (χ2n) is 4.33. The first kappa shape index (κ1) is 10.1. The fourth-order valence-electron chi connectivity index (χ4n) is 1.80. The van der Waals surface area contributed by atoms with Crippen LogP contribution in [0.1, 0.15) is 24.3 Å². The number of hydrogen-bond donors (Lipinski definition) is 1. The van der Waals surface area contributed by atoms with E-state index in [9.17, 15) is 0 Å². The van der Waals surface area contributed by atoms with Crippen LogP contribution < -0.4 is 5.32 Å². The molecule has 0 radical (unpaired) electrons. The Bertz CT molecular complexity index is 531. The van der Waals surface area contributed by atoms with E-state index in [1.165, 1.54) is 12.8 Å². The first-order valence-electron chi connectivity index (χ1n) is 5.51. The highest BCUT2D eigenvalue weighted by molar-refractivity contribution is 6.31. The molecule has 1 heterocycles. The SMILES string of the molecule is Cc1cc(Cl)cc2nc(CNC3CC3)oc12. The third kappa shape index (κ3) is 1.93. The van der Waals surface area contributed by atoms with E-state index in [1.54, 1.807) is 0 Å². The van der Waals surface area contributed by atoms with Crippen LogP contribution >= 0.6 is 11.6 Å². The van der Waals surface area contributed by atoms with Crippen LogP contribution in [-0.2, 0) is 6.54 Å². The molecule has 4 heteroatoms. The number of hydrogen-bond acceptors (Lipinski definition) is 3. The molecule has 0 atom stereocenters. The predicted molar refractivity (Wildman–Crippen MR) is 63.6 cm³/mol. The number of benzene rings is 1. The smallest absolute Gasteiger partial charge is 0.209 e. The second kappa shape index (κ2) is 3.75. The maximum Gasteiger partial charge on any atom is 0.209 e. The number of fused-ring (bicyclic) bond motifs is 1. The molecule has 2 aromatic rings. The van der Waals surface area contributed by atoms with Gasteiger partial charge in [-0.05, 0) is 37.5 Å². The van der Waals surface area contributed by atoms with Crippen molar-refractivity contribution in [2.24, 2.45) is 0 Å². The van der Waals surface area contributed by atoms with Crippen molar-refractivity contribution in [1.29, 1.82) is 0 Å². The first-order valence-corrected chi connectivity index (χ1v) is 5.89. The van der Waals surface area contributed by atoms with Crippen LogP contribution in [0.3, 0.4) is 0 Å². The average Bonchev–Trinajstić information content (AvgIpc) is 2.96. The molecule has 0 spiro atoms. The van der Waals surface area contributed by atoms with Gasteiger partial charge in [-0.2, -0.15) is 0 Å². The minimum absolute atomic E-state index is 0.666. The second-order valence-corrected chi connectivity index (χ2v) is 4.77. The summed E-state index contributed by atoms with van der Waals surface area (Å²) >= 11 is 5.97.